The average Bonchev–Trinajstić information content (AvgIpc) is 3.04. The monoisotopic (exact) mass is 433 g/mol. The molecule has 0 fully saturated rings. The van der Waals surface area contributed by atoms with Gasteiger partial charge in [0.15, 0.2) is 5.65 Å². The topological polar surface area (TPSA) is 72.5 Å². The molecule has 2 heterocycles. The molecule has 0 N–H and O–H groups in total. The van der Waals surface area contributed by atoms with Crippen molar-refractivity contribution in [2.75, 3.05) is 13.1 Å². The van der Waals surface area contributed by atoms with E-state index in [9.17, 15) is 9.59 Å². The van der Waals surface area contributed by atoms with E-state index in [1.54, 1.807) is 17.3 Å². The van der Waals surface area contributed by atoms with E-state index >= 15 is 0 Å². The second-order valence-corrected chi connectivity index (χ2v) is 8.01. The highest BCUT2D eigenvalue weighted by Gasteiger charge is 2.17. The number of amides is 1. The largest absolute Gasteiger partial charge is 0.350 e. The molecule has 3 aromatic rings. The third-order valence-corrected chi connectivity index (χ3v) is 5.85. The van der Waals surface area contributed by atoms with Crippen molar-refractivity contribution in [3.63, 3.8) is 0 Å². The third-order valence-electron chi connectivity index (χ3n) is 4.56. The number of aromatic nitrogens is 4. The molecule has 0 aliphatic carbocycles. The molecule has 0 aliphatic rings. The van der Waals surface area contributed by atoms with Crippen LogP contribution in [0.2, 0.25) is 5.02 Å². The van der Waals surface area contributed by atoms with Gasteiger partial charge >= 0.3 is 5.69 Å². The summed E-state index contributed by atoms with van der Waals surface area (Å²) in [6.07, 6.45) is 5.10. The molecule has 3 rings (SSSR count). The minimum Gasteiger partial charge on any atom is -0.341 e. The van der Waals surface area contributed by atoms with Crippen molar-refractivity contribution in [2.24, 2.45) is 0 Å². The number of fused-ring (bicyclic) bond motifs is 1. The number of likely N-dealkylation sites (N-methyl/N-ethyl adjacent to an activating group) is 1. The molecule has 0 atom stereocenters. The standard InChI is InChI=1S/C20H24ClN5O2S/c1-3-5-11-24(4-2)17(27)13-26-20(28)25-12-10-22-19(18(25)23-26)29-14-15-6-8-16(21)9-7-15/h6-10,12H,3-5,11,13-14H2,1-2H3. The smallest absolute Gasteiger partial charge is 0.341 e. The number of thioether (sulfide) groups is 1. The van der Waals surface area contributed by atoms with Crippen LogP contribution in [0.4, 0.5) is 0 Å². The van der Waals surface area contributed by atoms with E-state index in [1.165, 1.54) is 20.8 Å². The first kappa shape index (κ1) is 21.4. The van der Waals surface area contributed by atoms with Gasteiger partial charge in [-0.2, -0.15) is 0 Å². The van der Waals surface area contributed by atoms with E-state index < -0.39 is 0 Å². The highest BCUT2D eigenvalue weighted by molar-refractivity contribution is 7.98. The van der Waals surface area contributed by atoms with Gasteiger partial charge in [-0.05, 0) is 31.0 Å². The Kier molecular flexibility index (Phi) is 7.33. The molecule has 2 aromatic heterocycles. The van der Waals surface area contributed by atoms with Crippen molar-refractivity contribution in [3.8, 4) is 0 Å². The van der Waals surface area contributed by atoms with E-state index in [2.05, 4.69) is 17.0 Å². The van der Waals surface area contributed by atoms with E-state index in [0.717, 1.165) is 18.4 Å². The number of hydrogen-bond donors (Lipinski definition) is 0. The summed E-state index contributed by atoms with van der Waals surface area (Å²) in [4.78, 5) is 31.4. The molecule has 0 saturated heterocycles. The van der Waals surface area contributed by atoms with Crippen LogP contribution >= 0.6 is 23.4 Å². The number of carbonyl (C=O) groups excluding carboxylic acids is 1. The molecule has 0 bridgehead atoms. The molecule has 0 saturated carbocycles. The lowest BCUT2D eigenvalue weighted by molar-refractivity contribution is -0.132. The van der Waals surface area contributed by atoms with E-state index in [0.29, 0.717) is 34.5 Å². The summed E-state index contributed by atoms with van der Waals surface area (Å²) in [6, 6.07) is 7.59. The lowest BCUT2D eigenvalue weighted by Crippen LogP contribution is -2.37. The second-order valence-electron chi connectivity index (χ2n) is 6.61. The van der Waals surface area contributed by atoms with Crippen LogP contribution < -0.4 is 5.69 Å². The van der Waals surface area contributed by atoms with E-state index in [1.807, 2.05) is 31.2 Å². The summed E-state index contributed by atoms with van der Waals surface area (Å²) >= 11 is 7.41. The number of halogens is 1. The van der Waals surface area contributed by atoms with Gasteiger partial charge in [-0.25, -0.2) is 18.9 Å². The SMILES string of the molecule is CCCCN(CC)C(=O)Cn1nc2c(SCc3ccc(Cl)cc3)nccn2c1=O. The molecule has 0 radical (unpaired) electrons. The summed E-state index contributed by atoms with van der Waals surface area (Å²) < 4.78 is 2.66. The Morgan fingerprint density at radius 3 is 2.69 bits per heavy atom. The van der Waals surface area contributed by atoms with Crippen LogP contribution in [-0.2, 0) is 17.1 Å². The molecule has 1 amide bonds. The Balaban J connectivity index is 1.79. The van der Waals surface area contributed by atoms with E-state index in [4.69, 9.17) is 11.6 Å². The van der Waals surface area contributed by atoms with Crippen molar-refractivity contribution in [3.05, 3.63) is 57.7 Å². The van der Waals surface area contributed by atoms with Gasteiger partial charge in [-0.15, -0.1) is 5.10 Å². The van der Waals surface area contributed by atoms with Crippen LogP contribution in [0.25, 0.3) is 5.65 Å². The first-order valence-electron chi connectivity index (χ1n) is 9.62. The summed E-state index contributed by atoms with van der Waals surface area (Å²) in [5.41, 5.74) is 1.21. The Bertz CT molecular complexity index is 1030. The maximum Gasteiger partial charge on any atom is 0.350 e. The molecule has 7 nitrogen and oxygen atoms in total. The fourth-order valence-corrected chi connectivity index (χ4v) is 3.92. The number of benzene rings is 1. The average molecular weight is 434 g/mol. The van der Waals surface area contributed by atoms with Crippen molar-refractivity contribution in [2.45, 2.75) is 44.0 Å². The fourth-order valence-electron chi connectivity index (χ4n) is 2.90. The van der Waals surface area contributed by atoms with Gasteiger partial charge in [0.1, 0.15) is 11.6 Å². The van der Waals surface area contributed by atoms with Crippen molar-refractivity contribution in [1.82, 2.24) is 24.1 Å². The van der Waals surface area contributed by atoms with Crippen LogP contribution in [0.5, 0.6) is 0 Å². The van der Waals surface area contributed by atoms with Crippen LogP contribution in [0.3, 0.4) is 0 Å². The van der Waals surface area contributed by atoms with Gasteiger partial charge in [0.2, 0.25) is 5.91 Å². The lowest BCUT2D eigenvalue weighted by Gasteiger charge is -2.20. The molecular formula is C20H24ClN5O2S. The van der Waals surface area contributed by atoms with Gasteiger partial charge in [0, 0.05) is 36.3 Å². The Hall–Kier alpha value is -2.32. The van der Waals surface area contributed by atoms with Gasteiger partial charge in [0.05, 0.1) is 0 Å². The number of hydrogen-bond acceptors (Lipinski definition) is 5. The fraction of sp³-hybridized carbons (Fsp3) is 0.400. The first-order valence-corrected chi connectivity index (χ1v) is 11.0. The van der Waals surface area contributed by atoms with Crippen LogP contribution in [0.15, 0.2) is 46.5 Å². The predicted molar refractivity (Wildman–Crippen MR) is 115 cm³/mol. The zero-order valence-corrected chi connectivity index (χ0v) is 18.1. The zero-order chi connectivity index (χ0) is 20.8. The lowest BCUT2D eigenvalue weighted by atomic mass is 10.2. The Labute approximate surface area is 178 Å². The van der Waals surface area contributed by atoms with Crippen LogP contribution in [0, 0.1) is 0 Å². The normalized spacial score (nSPS) is 11.1. The summed E-state index contributed by atoms with van der Waals surface area (Å²) in [5.74, 6) is 0.569. The van der Waals surface area contributed by atoms with Crippen LogP contribution in [-0.4, -0.2) is 43.1 Å². The molecular weight excluding hydrogens is 410 g/mol. The Morgan fingerprint density at radius 2 is 2.00 bits per heavy atom. The molecule has 154 valence electrons. The molecule has 29 heavy (non-hydrogen) atoms. The number of unbranched alkanes of at least 4 members (excludes halogenated alkanes) is 1. The quantitative estimate of drug-likeness (QED) is 0.483. The maximum absolute atomic E-state index is 12.7. The molecule has 9 heteroatoms. The molecule has 1 aromatic carbocycles. The number of rotatable bonds is 9. The summed E-state index contributed by atoms with van der Waals surface area (Å²) in [5, 5.41) is 5.72. The summed E-state index contributed by atoms with van der Waals surface area (Å²) in [7, 11) is 0. The highest BCUT2D eigenvalue weighted by atomic mass is 35.5. The van der Waals surface area contributed by atoms with Gasteiger partial charge < -0.3 is 4.90 Å². The Morgan fingerprint density at radius 1 is 1.24 bits per heavy atom. The highest BCUT2D eigenvalue weighted by Crippen LogP contribution is 2.24. The van der Waals surface area contributed by atoms with Crippen molar-refractivity contribution in [1.29, 1.82) is 0 Å². The maximum atomic E-state index is 12.7. The van der Waals surface area contributed by atoms with Gasteiger partial charge in [-0.1, -0.05) is 48.8 Å². The van der Waals surface area contributed by atoms with Gasteiger partial charge in [0.25, 0.3) is 0 Å². The first-order chi connectivity index (χ1) is 14.0. The number of nitrogens with zero attached hydrogens (tertiary/aromatic N) is 5. The number of carbonyl (C=O) groups is 1. The molecule has 0 aliphatic heterocycles. The third kappa shape index (κ3) is 5.19. The minimum absolute atomic E-state index is 0.0701. The molecule has 0 spiro atoms. The zero-order valence-electron chi connectivity index (χ0n) is 16.5. The summed E-state index contributed by atoms with van der Waals surface area (Å²) in [6.45, 7) is 5.26. The van der Waals surface area contributed by atoms with Crippen molar-refractivity contribution >= 4 is 34.9 Å². The van der Waals surface area contributed by atoms with Crippen molar-refractivity contribution < 1.29 is 4.79 Å². The second kappa shape index (κ2) is 9.93. The predicted octanol–water partition coefficient (Wildman–Crippen LogP) is 3.49. The minimum atomic E-state index is -0.337. The molecule has 0 unspecified atom stereocenters. The van der Waals surface area contributed by atoms with E-state index in [-0.39, 0.29) is 18.1 Å². The van der Waals surface area contributed by atoms with Crippen LogP contribution in [0.1, 0.15) is 32.3 Å². The van der Waals surface area contributed by atoms with Gasteiger partial charge in [-0.3, -0.25) is 4.79 Å².